The molecular weight excluding hydrogens is 2040 g/mol. The Morgan fingerprint density at radius 1 is 0.433 bits per heavy atom. The third-order valence-electron chi connectivity index (χ3n) is 9.98. The molecule has 0 bridgehead atoms. The van der Waals surface area contributed by atoms with Gasteiger partial charge in [0, 0.05) is 24.7 Å². The third-order valence-corrected chi connectivity index (χ3v) is 14.8. The molecule has 39 heteroatoms. The minimum absolute atomic E-state index is 0. The summed E-state index contributed by atoms with van der Waals surface area (Å²) < 4.78 is 145. The number of carbonyl (C=O) groups is 6. The number of carbonyl (C=O) groups excluding carboxylic acids is 2. The number of carboxylic acid groups (broad SMARTS) is 4. The first-order chi connectivity index (χ1) is 43.1. The van der Waals surface area contributed by atoms with Crippen molar-refractivity contribution in [3.63, 3.8) is 0 Å². The number of benzene rings is 6. The molecule has 0 aliphatic heterocycles. The standard InChI is InChI=1S/C11H9BrF4O3.C11H10BrF3O3.C9H8BrClO3.C9H8BrIO3.C9H8ClIO3.C9H8FIO3.4H2S/c1-2-18-10(17)9(11(14,15)16)19-8-4-3-6(12)5-7(8)13;1-2-17-10(16)9(11(13,14)15)18-8-5-3-7(12)4-6-8;4*1-5(9(12)13)14-8-3-2-6(11)4-7(8)10;;;;/h3-5,9H,2H2,1H3;3-6,9H,2H2,1H3;4*2-5H,1H3,(H,12,13);4*1H2/t;;4*5-;;;;/m..0000..../s1. The summed E-state index contributed by atoms with van der Waals surface area (Å²) >= 11 is 30.4. The highest BCUT2D eigenvalue weighted by atomic mass is 127. The fraction of sp³-hybridized carbons (Fsp3) is 0.276. The molecule has 6 aromatic carbocycles. The second kappa shape index (κ2) is 49.9. The van der Waals surface area contributed by atoms with Crippen LogP contribution in [0.25, 0.3) is 0 Å². The van der Waals surface area contributed by atoms with Crippen LogP contribution in [0.15, 0.2) is 133 Å². The highest BCUT2D eigenvalue weighted by molar-refractivity contribution is 14.1. The van der Waals surface area contributed by atoms with Gasteiger partial charge in [0.05, 0.1) is 27.2 Å². The predicted molar refractivity (Wildman–Crippen MR) is 404 cm³/mol. The molecule has 0 aliphatic rings. The van der Waals surface area contributed by atoms with Gasteiger partial charge in [-0.3, -0.25) is 0 Å². The Labute approximate surface area is 663 Å². The lowest BCUT2D eigenvalue weighted by molar-refractivity contribution is -0.212. The highest BCUT2D eigenvalue weighted by Crippen LogP contribution is 2.33. The Bertz CT molecular complexity index is 3190. The van der Waals surface area contributed by atoms with Crippen LogP contribution in [-0.2, 0) is 38.2 Å². The summed E-state index contributed by atoms with van der Waals surface area (Å²) in [5.74, 6) is -8.15. The molecule has 0 heterocycles. The zero-order valence-corrected chi connectivity index (χ0v) is 68.6. The van der Waals surface area contributed by atoms with Crippen molar-refractivity contribution in [1.82, 2.24) is 0 Å². The predicted octanol–water partition coefficient (Wildman–Crippen LogP) is 18.2. The van der Waals surface area contributed by atoms with E-state index in [-0.39, 0.29) is 78.7 Å². The molecule has 0 spiro atoms. The molecule has 97 heavy (non-hydrogen) atoms. The number of ether oxygens (including phenoxy) is 8. The number of hydrogen-bond donors (Lipinski definition) is 4. The van der Waals surface area contributed by atoms with Crippen LogP contribution < -0.4 is 28.4 Å². The normalized spacial score (nSPS) is 12.0. The maximum absolute atomic E-state index is 13.4. The van der Waals surface area contributed by atoms with Gasteiger partial charge in [0.15, 0.2) is 47.5 Å². The van der Waals surface area contributed by atoms with Crippen LogP contribution >= 0.6 is 209 Å². The van der Waals surface area contributed by atoms with E-state index in [1.807, 2.05) is 34.7 Å². The molecule has 6 rings (SSSR count). The zero-order valence-electron chi connectivity index (χ0n) is 50.3. The van der Waals surface area contributed by atoms with E-state index in [9.17, 15) is 63.9 Å². The van der Waals surface area contributed by atoms with Crippen LogP contribution in [0.3, 0.4) is 0 Å². The quantitative estimate of drug-likeness (QED) is 0.0315. The van der Waals surface area contributed by atoms with Crippen molar-refractivity contribution in [1.29, 1.82) is 0 Å². The van der Waals surface area contributed by atoms with Gasteiger partial charge in [-0.25, -0.2) is 37.5 Å². The SMILES string of the molecule is CCOC(=O)C(Oc1ccc(Br)cc1)C(F)(F)F.CCOC(=O)C(Oc1ccc(Br)cc1F)C(F)(F)F.C[C@H](Oc1ccc(Cl)cc1Br)C(=O)O.C[C@H](Oc1ccc(I)cc1Br)C(=O)O.C[C@H](Oc1ccc(I)cc1Cl)C(=O)O.C[C@H](Oc1ccc(I)cc1F)C(=O)O.S.S.S.S. The van der Waals surface area contributed by atoms with E-state index >= 15 is 0 Å². The van der Waals surface area contributed by atoms with Gasteiger partial charge in [-0.05, 0) is 256 Å². The first-order valence-corrected chi connectivity index (χ1v) is 32.7. The number of carboxylic acids is 4. The molecule has 0 aliphatic carbocycles. The zero-order chi connectivity index (χ0) is 71.2. The Kier molecular flexibility index (Phi) is 51.4. The van der Waals surface area contributed by atoms with Crippen molar-refractivity contribution in [3.8, 4) is 34.5 Å². The first-order valence-electron chi connectivity index (χ1n) is 25.5. The molecule has 0 radical (unpaired) electrons. The van der Waals surface area contributed by atoms with Gasteiger partial charge in [0.2, 0.25) is 0 Å². The Morgan fingerprint density at radius 2 is 0.753 bits per heavy atom. The molecule has 4 N–H and O–H groups in total. The van der Waals surface area contributed by atoms with Gasteiger partial charge in [-0.15, -0.1) is 0 Å². The van der Waals surface area contributed by atoms with E-state index in [4.69, 9.17) is 62.6 Å². The molecule has 6 atom stereocenters. The van der Waals surface area contributed by atoms with Crippen LogP contribution in [0.1, 0.15) is 41.5 Å². The summed E-state index contributed by atoms with van der Waals surface area (Å²) in [5.41, 5.74) is 0. The van der Waals surface area contributed by atoms with E-state index in [1.54, 1.807) is 48.5 Å². The fourth-order valence-electron chi connectivity index (χ4n) is 5.53. The average Bonchev–Trinajstić information content (AvgIpc) is 0.897. The molecule has 18 nitrogen and oxygen atoms in total. The number of esters is 2. The van der Waals surface area contributed by atoms with Crippen LogP contribution in [0.2, 0.25) is 10.0 Å². The average molecular weight is 2100 g/mol. The van der Waals surface area contributed by atoms with Gasteiger partial charge in [-0.2, -0.15) is 80.3 Å². The maximum Gasteiger partial charge on any atom is 0.436 e. The van der Waals surface area contributed by atoms with Crippen molar-refractivity contribution in [2.24, 2.45) is 0 Å². The Morgan fingerprint density at radius 3 is 1.12 bits per heavy atom. The summed E-state index contributed by atoms with van der Waals surface area (Å²) in [6.45, 7) is 8.15. The summed E-state index contributed by atoms with van der Waals surface area (Å²) in [4.78, 5) is 64.4. The van der Waals surface area contributed by atoms with Gasteiger partial charge < -0.3 is 58.3 Å². The van der Waals surface area contributed by atoms with Gasteiger partial charge in [0.25, 0.3) is 12.2 Å². The smallest absolute Gasteiger partial charge is 0.436 e. The maximum atomic E-state index is 13.4. The number of hydrogen-bond acceptors (Lipinski definition) is 14. The van der Waals surface area contributed by atoms with Crippen molar-refractivity contribution >= 4 is 244 Å². The topological polar surface area (TPSA) is 257 Å². The molecule has 0 saturated heterocycles. The molecule has 0 fully saturated rings. The molecular formula is C58H59Br4Cl2F8I3O18S4. The second-order valence-corrected chi connectivity index (χ2v) is 25.4. The monoisotopic (exact) mass is 2090 g/mol. The largest absolute Gasteiger partial charge is 0.479 e. The van der Waals surface area contributed by atoms with E-state index < -0.39 is 102 Å². The molecule has 0 saturated carbocycles. The highest BCUT2D eigenvalue weighted by Gasteiger charge is 2.49. The molecule has 0 amide bonds. The lowest BCUT2D eigenvalue weighted by atomic mass is 10.3. The van der Waals surface area contributed by atoms with Crippen molar-refractivity contribution in [2.75, 3.05) is 13.2 Å². The minimum Gasteiger partial charge on any atom is -0.479 e. The lowest BCUT2D eigenvalue weighted by Crippen LogP contribution is -2.42. The molecule has 542 valence electrons. The third kappa shape index (κ3) is 40.0. The van der Waals surface area contributed by atoms with Crippen LogP contribution in [-0.4, -0.2) is 118 Å². The van der Waals surface area contributed by atoms with Crippen LogP contribution in [0.4, 0.5) is 35.1 Å². The summed E-state index contributed by atoms with van der Waals surface area (Å²) in [6.07, 6.45) is -19.0. The lowest BCUT2D eigenvalue weighted by Gasteiger charge is -2.20. The van der Waals surface area contributed by atoms with Gasteiger partial charge in [0.1, 0.15) is 23.0 Å². The minimum atomic E-state index is -4.99. The fourth-order valence-corrected chi connectivity index (χ4v) is 9.65. The first kappa shape index (κ1) is 99.8. The van der Waals surface area contributed by atoms with E-state index in [2.05, 4.69) is 128 Å². The van der Waals surface area contributed by atoms with Crippen molar-refractivity contribution in [2.45, 2.75) is 90.5 Å². The number of rotatable bonds is 20. The molecule has 2 unspecified atom stereocenters. The van der Waals surface area contributed by atoms with Crippen molar-refractivity contribution < 1.29 is 122 Å². The molecule has 6 aromatic rings. The number of halogens is 17. The van der Waals surface area contributed by atoms with E-state index in [0.717, 1.165) is 27.3 Å². The van der Waals surface area contributed by atoms with E-state index in [1.165, 1.54) is 84.0 Å². The summed E-state index contributed by atoms with van der Waals surface area (Å²) in [7, 11) is 0. The van der Waals surface area contributed by atoms with Crippen LogP contribution in [0.5, 0.6) is 34.5 Å². The van der Waals surface area contributed by atoms with Gasteiger partial charge >= 0.3 is 48.2 Å². The van der Waals surface area contributed by atoms with Crippen LogP contribution in [0, 0.1) is 22.3 Å². The summed E-state index contributed by atoms with van der Waals surface area (Å²) in [6, 6.07) is 28.7. The summed E-state index contributed by atoms with van der Waals surface area (Å²) in [5, 5.41) is 35.4. The number of alkyl halides is 6. The van der Waals surface area contributed by atoms with Crippen molar-refractivity contribution in [3.05, 3.63) is 166 Å². The van der Waals surface area contributed by atoms with Gasteiger partial charge in [-0.1, -0.05) is 55.1 Å². The molecule has 0 aromatic heterocycles. The Balaban J connectivity index is -0.000000533. The second-order valence-electron chi connectivity index (χ2n) is 17.3. The Hall–Kier alpha value is -3.53. The number of aliphatic carboxylic acids is 4. The van der Waals surface area contributed by atoms with E-state index in [0.29, 0.717) is 40.7 Å².